The molecule has 1 aromatic carbocycles. The van der Waals surface area contributed by atoms with Crippen LogP contribution in [-0.2, 0) is 45.7 Å². The zero-order valence-electron chi connectivity index (χ0n) is 17.6. The van der Waals surface area contributed by atoms with Crippen LogP contribution in [0.25, 0.3) is 10.2 Å². The molecular weight excluding hydrogens is 468 g/mol. The number of benzene rings is 1. The van der Waals surface area contributed by atoms with E-state index in [9.17, 15) is 18.0 Å². The summed E-state index contributed by atoms with van der Waals surface area (Å²) in [5.74, 6) is 0.901. The van der Waals surface area contributed by atoms with Gasteiger partial charge in [0.25, 0.3) is 5.56 Å². The molecule has 0 saturated carbocycles. The zero-order chi connectivity index (χ0) is 22.7. The molecule has 11 heteroatoms. The van der Waals surface area contributed by atoms with Crippen LogP contribution in [0.5, 0.6) is 0 Å². The number of hydrogen-bond acceptors (Lipinski definition) is 7. The second-order valence-corrected chi connectivity index (χ2v) is 11.5. The summed E-state index contributed by atoms with van der Waals surface area (Å²) in [5, 5.41) is 3.56. The lowest BCUT2D eigenvalue weighted by Gasteiger charge is -2.11. The van der Waals surface area contributed by atoms with Crippen LogP contribution in [0, 0.1) is 0 Å². The number of carbonyl (C=O) groups is 1. The summed E-state index contributed by atoms with van der Waals surface area (Å²) < 4.78 is 26.0. The summed E-state index contributed by atoms with van der Waals surface area (Å²) in [6.07, 6.45) is 3.06. The van der Waals surface area contributed by atoms with Crippen molar-refractivity contribution in [3.63, 3.8) is 0 Å². The van der Waals surface area contributed by atoms with E-state index in [1.165, 1.54) is 23.7 Å². The number of fused-ring (bicyclic) bond motifs is 3. The molecule has 1 amide bonds. The minimum atomic E-state index is -3.40. The van der Waals surface area contributed by atoms with Gasteiger partial charge in [-0.3, -0.25) is 9.59 Å². The molecule has 3 aromatic rings. The Labute approximate surface area is 194 Å². The first kappa shape index (κ1) is 23.0. The summed E-state index contributed by atoms with van der Waals surface area (Å²) in [6.45, 7) is 0.247. The highest BCUT2D eigenvalue weighted by Gasteiger charge is 2.21. The molecule has 2 heterocycles. The van der Waals surface area contributed by atoms with Crippen LogP contribution in [0.1, 0.15) is 33.8 Å². The topological polar surface area (TPSA) is 121 Å². The number of nitrogens with one attached hydrogen (secondary N) is 3. The Morgan fingerprint density at radius 3 is 2.81 bits per heavy atom. The van der Waals surface area contributed by atoms with Crippen molar-refractivity contribution in [1.29, 1.82) is 0 Å². The Morgan fingerprint density at radius 1 is 1.25 bits per heavy atom. The lowest BCUT2D eigenvalue weighted by atomic mass is 10.1. The maximum absolute atomic E-state index is 12.5. The van der Waals surface area contributed by atoms with E-state index in [0.717, 1.165) is 40.6 Å². The normalized spacial score (nSPS) is 13.4. The lowest BCUT2D eigenvalue weighted by Crippen LogP contribution is -2.26. The third kappa shape index (κ3) is 5.22. The molecule has 3 N–H and O–H groups in total. The number of H-pyrrole nitrogens is 1. The molecule has 4 rings (SSSR count). The minimum absolute atomic E-state index is 0.0948. The van der Waals surface area contributed by atoms with Gasteiger partial charge >= 0.3 is 0 Å². The molecule has 32 heavy (non-hydrogen) atoms. The monoisotopic (exact) mass is 492 g/mol. The Bertz CT molecular complexity index is 1310. The van der Waals surface area contributed by atoms with Crippen LogP contribution in [0.4, 0.5) is 0 Å². The number of carbonyl (C=O) groups excluding carboxylic acids is 1. The van der Waals surface area contributed by atoms with Gasteiger partial charge in [-0.2, -0.15) is 0 Å². The van der Waals surface area contributed by atoms with E-state index in [0.29, 0.717) is 17.1 Å². The first-order chi connectivity index (χ1) is 15.4. The van der Waals surface area contributed by atoms with Crippen LogP contribution in [-0.4, -0.2) is 37.1 Å². The van der Waals surface area contributed by atoms with E-state index in [4.69, 9.17) is 0 Å². The van der Waals surface area contributed by atoms with Crippen molar-refractivity contribution in [2.45, 2.75) is 37.3 Å². The maximum Gasteiger partial charge on any atom is 0.259 e. The molecule has 0 radical (unpaired) electrons. The lowest BCUT2D eigenvalue weighted by molar-refractivity contribution is -0.118. The predicted molar refractivity (Wildman–Crippen MR) is 128 cm³/mol. The standard InChI is InChI=1S/C21H24N4O4S3/c1-22-32(28,29)12-14-6-3-2-5-13(14)9-23-18(26)11-30-10-17-24-20(27)19-15-7-4-8-16(15)31-21(19)25-17/h2-3,5-6,22H,4,7-12H2,1H3,(H,23,26)(H,24,25,27). The molecule has 8 nitrogen and oxygen atoms in total. The number of thiophene rings is 1. The highest BCUT2D eigenvalue weighted by Crippen LogP contribution is 2.34. The van der Waals surface area contributed by atoms with Gasteiger partial charge in [0.05, 0.1) is 22.6 Å². The number of rotatable bonds is 9. The first-order valence-electron chi connectivity index (χ1n) is 10.2. The minimum Gasteiger partial charge on any atom is -0.351 e. The average molecular weight is 493 g/mol. The summed E-state index contributed by atoms with van der Waals surface area (Å²) >= 11 is 2.97. The van der Waals surface area contributed by atoms with E-state index >= 15 is 0 Å². The van der Waals surface area contributed by atoms with E-state index in [2.05, 4.69) is 20.0 Å². The zero-order valence-corrected chi connectivity index (χ0v) is 20.0. The molecule has 0 spiro atoms. The van der Waals surface area contributed by atoms with Crippen molar-refractivity contribution < 1.29 is 13.2 Å². The largest absolute Gasteiger partial charge is 0.351 e. The highest BCUT2D eigenvalue weighted by molar-refractivity contribution is 7.99. The van der Waals surface area contributed by atoms with Crippen LogP contribution >= 0.6 is 23.1 Å². The maximum atomic E-state index is 12.5. The van der Waals surface area contributed by atoms with Crippen molar-refractivity contribution in [1.82, 2.24) is 20.0 Å². The average Bonchev–Trinajstić information content (AvgIpc) is 3.34. The van der Waals surface area contributed by atoms with Crippen molar-refractivity contribution in [2.75, 3.05) is 12.8 Å². The van der Waals surface area contributed by atoms with Gasteiger partial charge in [-0.15, -0.1) is 23.1 Å². The third-order valence-corrected chi connectivity index (χ3v) is 8.79. The SMILES string of the molecule is CNS(=O)(=O)Cc1ccccc1CNC(=O)CSCc1nc2sc3c(c2c(=O)[nH]1)CCC3. The molecule has 1 aliphatic rings. The second-order valence-electron chi connectivity index (χ2n) is 7.55. The van der Waals surface area contributed by atoms with Crippen LogP contribution in [0.3, 0.4) is 0 Å². The number of aromatic nitrogens is 2. The van der Waals surface area contributed by atoms with Crippen molar-refractivity contribution in [3.05, 3.63) is 62.0 Å². The fourth-order valence-electron chi connectivity index (χ4n) is 3.75. The molecular formula is C21H24N4O4S3. The summed E-state index contributed by atoms with van der Waals surface area (Å²) in [7, 11) is -2.02. The predicted octanol–water partition coefficient (Wildman–Crippen LogP) is 2.07. The molecule has 2 aromatic heterocycles. The second kappa shape index (κ2) is 9.74. The van der Waals surface area contributed by atoms with Gasteiger partial charge < -0.3 is 10.3 Å². The van der Waals surface area contributed by atoms with Gasteiger partial charge in [0, 0.05) is 11.4 Å². The number of nitrogens with zero attached hydrogens (tertiary/aromatic N) is 1. The number of hydrogen-bond donors (Lipinski definition) is 3. The number of aromatic amines is 1. The molecule has 170 valence electrons. The smallest absolute Gasteiger partial charge is 0.259 e. The number of thioether (sulfide) groups is 1. The summed E-state index contributed by atoms with van der Waals surface area (Å²) in [4.78, 5) is 34.3. The molecule has 0 atom stereocenters. The molecule has 0 aliphatic heterocycles. The van der Waals surface area contributed by atoms with Gasteiger partial charge in [-0.25, -0.2) is 18.1 Å². The summed E-state index contributed by atoms with van der Waals surface area (Å²) in [5.41, 5.74) is 2.46. The fourth-order valence-corrected chi connectivity index (χ4v) is 6.58. The first-order valence-corrected chi connectivity index (χ1v) is 13.8. The molecule has 0 bridgehead atoms. The van der Waals surface area contributed by atoms with Gasteiger partial charge in [0.2, 0.25) is 15.9 Å². The van der Waals surface area contributed by atoms with Crippen LogP contribution in [0.2, 0.25) is 0 Å². The van der Waals surface area contributed by atoms with E-state index in [1.54, 1.807) is 29.5 Å². The van der Waals surface area contributed by atoms with Crippen LogP contribution < -0.4 is 15.6 Å². The van der Waals surface area contributed by atoms with Crippen LogP contribution in [0.15, 0.2) is 29.1 Å². The fraction of sp³-hybridized carbons (Fsp3) is 0.381. The Balaban J connectivity index is 1.31. The Kier molecular flexibility index (Phi) is 6.99. The Hall–Kier alpha value is -2.21. The quantitative estimate of drug-likeness (QED) is 0.421. The number of amides is 1. The van der Waals surface area contributed by atoms with E-state index < -0.39 is 10.0 Å². The Morgan fingerprint density at radius 2 is 2.03 bits per heavy atom. The van der Waals surface area contributed by atoms with Gasteiger partial charge in [-0.05, 0) is 43.0 Å². The third-order valence-electron chi connectivity index (χ3n) is 5.35. The van der Waals surface area contributed by atoms with E-state index in [-0.39, 0.29) is 29.5 Å². The number of aryl methyl sites for hydroxylation is 2. The molecule has 0 saturated heterocycles. The number of sulfonamides is 1. The van der Waals surface area contributed by atoms with Gasteiger partial charge in [0.15, 0.2) is 0 Å². The van der Waals surface area contributed by atoms with Gasteiger partial charge in [0.1, 0.15) is 10.7 Å². The summed E-state index contributed by atoms with van der Waals surface area (Å²) in [6, 6.07) is 7.12. The van der Waals surface area contributed by atoms with Gasteiger partial charge in [-0.1, -0.05) is 24.3 Å². The van der Waals surface area contributed by atoms with Crippen molar-refractivity contribution >= 4 is 49.2 Å². The molecule has 0 unspecified atom stereocenters. The highest BCUT2D eigenvalue weighted by atomic mass is 32.2. The molecule has 1 aliphatic carbocycles. The molecule has 0 fully saturated rings. The van der Waals surface area contributed by atoms with E-state index in [1.807, 2.05) is 6.07 Å². The van der Waals surface area contributed by atoms with Crippen molar-refractivity contribution in [2.24, 2.45) is 0 Å². The van der Waals surface area contributed by atoms with Crippen molar-refractivity contribution in [3.8, 4) is 0 Å².